The van der Waals surface area contributed by atoms with Gasteiger partial charge in [-0.2, -0.15) is 5.26 Å². The number of nitriles is 1. The van der Waals surface area contributed by atoms with E-state index < -0.39 is 5.60 Å². The second kappa shape index (κ2) is 5.74. The van der Waals surface area contributed by atoms with Gasteiger partial charge in [-0.05, 0) is 38.6 Å². The summed E-state index contributed by atoms with van der Waals surface area (Å²) in [5.41, 5.74) is 1.20. The molecule has 0 aliphatic carbocycles. The highest BCUT2D eigenvalue weighted by Crippen LogP contribution is 2.24. The van der Waals surface area contributed by atoms with Crippen molar-refractivity contribution in [2.45, 2.75) is 25.0 Å². The van der Waals surface area contributed by atoms with Crippen LogP contribution < -0.4 is 0 Å². The van der Waals surface area contributed by atoms with E-state index in [1.165, 1.54) is 0 Å². The summed E-state index contributed by atoms with van der Waals surface area (Å²) >= 11 is 0. The summed E-state index contributed by atoms with van der Waals surface area (Å²) in [6, 6.07) is 3.99. The number of hydrogen-bond acceptors (Lipinski definition) is 4. The highest BCUT2D eigenvalue weighted by molar-refractivity contribution is 5.26. The summed E-state index contributed by atoms with van der Waals surface area (Å²) in [5, 5.41) is 19.2. The Balaban J connectivity index is 1.85. The van der Waals surface area contributed by atoms with Crippen molar-refractivity contribution < 1.29 is 5.11 Å². The number of nitrogens with zero attached hydrogens (tertiary/aromatic N) is 3. The Kier molecular flexibility index (Phi) is 4.25. The molecule has 0 unspecified atom stereocenters. The van der Waals surface area contributed by atoms with Crippen LogP contribution >= 0.6 is 0 Å². The summed E-state index contributed by atoms with van der Waals surface area (Å²) in [7, 11) is 3.99. The Morgan fingerprint density at radius 2 is 2.16 bits per heavy atom. The van der Waals surface area contributed by atoms with Crippen LogP contribution in [0.2, 0.25) is 0 Å². The largest absolute Gasteiger partial charge is 0.388 e. The van der Waals surface area contributed by atoms with Gasteiger partial charge in [-0.25, -0.2) is 0 Å². The van der Waals surface area contributed by atoms with E-state index in [9.17, 15) is 5.11 Å². The molecule has 1 saturated heterocycles. The second-order valence-electron chi connectivity index (χ2n) is 5.77. The molecule has 0 spiro atoms. The van der Waals surface area contributed by atoms with Crippen LogP contribution in [0.5, 0.6) is 0 Å². The number of likely N-dealkylation sites (tertiary alicyclic amines) is 1. The van der Waals surface area contributed by atoms with Gasteiger partial charge in [-0.15, -0.1) is 0 Å². The molecule has 0 saturated carbocycles. The van der Waals surface area contributed by atoms with E-state index in [0.717, 1.165) is 44.6 Å². The Hall–Kier alpha value is -1.35. The fourth-order valence-electron chi connectivity index (χ4n) is 2.73. The molecular formula is C14H22N4O. The van der Waals surface area contributed by atoms with Crippen molar-refractivity contribution in [3.63, 3.8) is 0 Å². The fraction of sp³-hybridized carbons (Fsp3) is 0.643. The average molecular weight is 262 g/mol. The molecule has 1 aliphatic rings. The molecule has 0 aromatic carbocycles. The quantitative estimate of drug-likeness (QED) is 0.841. The van der Waals surface area contributed by atoms with Crippen LogP contribution in [-0.4, -0.2) is 59.2 Å². The predicted octanol–water partition coefficient (Wildman–Crippen LogP) is 0.775. The van der Waals surface area contributed by atoms with E-state index >= 15 is 0 Å². The molecular weight excluding hydrogens is 240 g/mol. The highest BCUT2D eigenvalue weighted by atomic mass is 16.3. The van der Waals surface area contributed by atoms with Crippen molar-refractivity contribution in [1.29, 1.82) is 5.26 Å². The van der Waals surface area contributed by atoms with Gasteiger partial charge in [0.2, 0.25) is 0 Å². The average Bonchev–Trinajstić information content (AvgIpc) is 2.79. The van der Waals surface area contributed by atoms with Crippen molar-refractivity contribution in [2.75, 3.05) is 33.7 Å². The summed E-state index contributed by atoms with van der Waals surface area (Å²) in [6.45, 7) is 3.37. The third-order valence-corrected chi connectivity index (χ3v) is 3.67. The number of nitrogens with one attached hydrogen (secondary N) is 1. The van der Waals surface area contributed by atoms with Crippen molar-refractivity contribution in [1.82, 2.24) is 14.8 Å². The van der Waals surface area contributed by atoms with E-state index in [4.69, 9.17) is 5.26 Å². The van der Waals surface area contributed by atoms with Crippen LogP contribution in [0.3, 0.4) is 0 Å². The van der Waals surface area contributed by atoms with Gasteiger partial charge in [0.15, 0.2) is 0 Å². The monoisotopic (exact) mass is 262 g/mol. The van der Waals surface area contributed by atoms with Crippen molar-refractivity contribution in [3.8, 4) is 6.07 Å². The highest BCUT2D eigenvalue weighted by Gasteiger charge is 2.32. The molecule has 0 atom stereocenters. The summed E-state index contributed by atoms with van der Waals surface area (Å²) < 4.78 is 0. The van der Waals surface area contributed by atoms with Gasteiger partial charge in [-0.1, -0.05) is 0 Å². The number of H-pyrrole nitrogens is 1. The summed E-state index contributed by atoms with van der Waals surface area (Å²) in [5.74, 6) is 0. The molecule has 2 N–H and O–H groups in total. The lowest BCUT2D eigenvalue weighted by molar-refractivity contribution is -0.0388. The molecule has 2 rings (SSSR count). The number of aromatic amines is 1. The first kappa shape index (κ1) is 14.1. The Bertz CT molecular complexity index is 452. The Morgan fingerprint density at radius 3 is 2.68 bits per heavy atom. The standard InChI is InChI=1S/C14H22N4O/c1-17(2)11-14(19)3-5-18(6-4-14)10-12-7-13(8-15)16-9-12/h7,9,16,19H,3-6,10-11H2,1-2H3. The molecule has 104 valence electrons. The lowest BCUT2D eigenvalue weighted by Gasteiger charge is -2.39. The Morgan fingerprint density at radius 1 is 1.47 bits per heavy atom. The summed E-state index contributed by atoms with van der Waals surface area (Å²) in [6.07, 6.45) is 3.50. The van der Waals surface area contributed by atoms with Crippen molar-refractivity contribution in [3.05, 3.63) is 23.5 Å². The van der Waals surface area contributed by atoms with E-state index in [0.29, 0.717) is 5.69 Å². The molecule has 0 radical (unpaired) electrons. The lowest BCUT2D eigenvalue weighted by atomic mass is 9.91. The van der Waals surface area contributed by atoms with E-state index in [2.05, 4.69) is 16.0 Å². The van der Waals surface area contributed by atoms with Gasteiger partial charge in [0.1, 0.15) is 11.8 Å². The third kappa shape index (κ3) is 3.80. The van der Waals surface area contributed by atoms with Gasteiger partial charge in [0.05, 0.1) is 5.60 Å². The van der Waals surface area contributed by atoms with Crippen LogP contribution in [0.15, 0.2) is 12.3 Å². The molecule has 19 heavy (non-hydrogen) atoms. The van der Waals surface area contributed by atoms with Gasteiger partial charge in [0.25, 0.3) is 0 Å². The van der Waals surface area contributed by atoms with Crippen LogP contribution in [-0.2, 0) is 6.54 Å². The molecule has 2 heterocycles. The number of piperidine rings is 1. The number of hydrogen-bond donors (Lipinski definition) is 2. The second-order valence-corrected chi connectivity index (χ2v) is 5.77. The van der Waals surface area contributed by atoms with Crippen LogP contribution in [0.4, 0.5) is 0 Å². The first-order valence-corrected chi connectivity index (χ1v) is 6.68. The lowest BCUT2D eigenvalue weighted by Crippen LogP contribution is -2.49. The maximum absolute atomic E-state index is 10.5. The van der Waals surface area contributed by atoms with Gasteiger partial charge < -0.3 is 15.0 Å². The molecule has 5 nitrogen and oxygen atoms in total. The van der Waals surface area contributed by atoms with Gasteiger partial charge in [-0.3, -0.25) is 4.90 Å². The van der Waals surface area contributed by atoms with Crippen LogP contribution in [0, 0.1) is 11.3 Å². The number of aliphatic hydroxyl groups is 1. The predicted molar refractivity (Wildman–Crippen MR) is 73.5 cm³/mol. The molecule has 1 fully saturated rings. The molecule has 1 aliphatic heterocycles. The number of rotatable bonds is 4. The molecule has 1 aromatic heterocycles. The zero-order chi connectivity index (χ0) is 13.9. The smallest absolute Gasteiger partial charge is 0.117 e. The van der Waals surface area contributed by atoms with Crippen LogP contribution in [0.1, 0.15) is 24.1 Å². The van der Waals surface area contributed by atoms with Crippen molar-refractivity contribution in [2.24, 2.45) is 0 Å². The molecule has 5 heteroatoms. The van der Waals surface area contributed by atoms with Crippen molar-refractivity contribution >= 4 is 0 Å². The zero-order valence-corrected chi connectivity index (χ0v) is 11.7. The minimum Gasteiger partial charge on any atom is -0.388 e. The fourth-order valence-corrected chi connectivity index (χ4v) is 2.73. The minimum atomic E-state index is -0.546. The molecule has 0 amide bonds. The normalized spacial score (nSPS) is 19.5. The van der Waals surface area contributed by atoms with Gasteiger partial charge >= 0.3 is 0 Å². The van der Waals surface area contributed by atoms with E-state index in [1.807, 2.05) is 31.3 Å². The summed E-state index contributed by atoms with van der Waals surface area (Å²) in [4.78, 5) is 7.31. The van der Waals surface area contributed by atoms with Gasteiger partial charge in [0, 0.05) is 32.4 Å². The number of likely N-dealkylation sites (N-methyl/N-ethyl adjacent to an activating group) is 1. The molecule has 0 bridgehead atoms. The van der Waals surface area contributed by atoms with E-state index in [-0.39, 0.29) is 0 Å². The van der Waals surface area contributed by atoms with E-state index in [1.54, 1.807) is 0 Å². The topological polar surface area (TPSA) is 66.3 Å². The molecule has 1 aromatic rings. The third-order valence-electron chi connectivity index (χ3n) is 3.67. The van der Waals surface area contributed by atoms with Crippen LogP contribution in [0.25, 0.3) is 0 Å². The Labute approximate surface area is 114 Å². The first-order chi connectivity index (χ1) is 9.00. The SMILES string of the molecule is CN(C)CC1(O)CCN(Cc2c[nH]c(C#N)c2)CC1. The first-order valence-electron chi connectivity index (χ1n) is 6.68. The zero-order valence-electron chi connectivity index (χ0n) is 11.7. The maximum Gasteiger partial charge on any atom is 0.117 e. The maximum atomic E-state index is 10.5. The number of aromatic nitrogens is 1. The minimum absolute atomic E-state index is 0.546.